The molecule has 2 aromatic carbocycles. The first-order valence-corrected chi connectivity index (χ1v) is 7.82. The maximum absolute atomic E-state index is 10.1. The molecule has 1 aliphatic heterocycles. The van der Waals surface area contributed by atoms with Gasteiger partial charge in [0.05, 0.1) is 11.4 Å². The van der Waals surface area contributed by atoms with Gasteiger partial charge in [-0.05, 0) is 56.3 Å². The molecule has 0 spiro atoms. The molecule has 0 bridgehead atoms. The van der Waals surface area contributed by atoms with Crippen molar-refractivity contribution in [1.29, 1.82) is 0 Å². The maximum Gasteiger partial charge on any atom is 0.120 e. The molecular weight excluding hydrogens is 274 g/mol. The second-order valence-corrected chi connectivity index (χ2v) is 5.69. The topological polar surface area (TPSA) is 48.2 Å². The average molecular weight is 295 g/mol. The normalized spacial score (nSPS) is 16.2. The van der Waals surface area contributed by atoms with Crippen molar-refractivity contribution in [3.8, 4) is 5.75 Å². The Bertz CT molecular complexity index is 634. The van der Waals surface area contributed by atoms with Crippen molar-refractivity contribution >= 4 is 11.4 Å². The molecule has 1 saturated heterocycles. The second-order valence-electron chi connectivity index (χ2n) is 5.69. The summed E-state index contributed by atoms with van der Waals surface area (Å²) < 4.78 is 0. The highest BCUT2D eigenvalue weighted by Gasteiger charge is 2.12. The fraction of sp³-hybridized carbons (Fsp3) is 0.333. The number of azo groups is 1. The molecule has 0 saturated carbocycles. The summed E-state index contributed by atoms with van der Waals surface area (Å²) in [6, 6.07) is 15.1. The largest absolute Gasteiger partial charge is 0.508 e. The predicted octanol–water partition coefficient (Wildman–Crippen LogP) is 4.79. The first-order chi connectivity index (χ1) is 10.8. The van der Waals surface area contributed by atoms with Gasteiger partial charge in [0.1, 0.15) is 5.75 Å². The molecule has 0 radical (unpaired) electrons. The molecule has 1 aliphatic rings. The number of benzene rings is 2. The lowest BCUT2D eigenvalue weighted by molar-refractivity contribution is 0.218. The first kappa shape index (κ1) is 14.7. The summed E-state index contributed by atoms with van der Waals surface area (Å²) >= 11 is 0. The maximum atomic E-state index is 10.1. The Balaban J connectivity index is 1.73. The van der Waals surface area contributed by atoms with Gasteiger partial charge in [0.25, 0.3) is 0 Å². The third-order valence-electron chi connectivity index (χ3n) is 3.94. The number of likely N-dealkylation sites (tertiary alicyclic amines) is 1. The molecule has 0 aliphatic carbocycles. The SMILES string of the molecule is Oc1ccc(N=Nc2ccccc2)cc1CN1CCCCC1. The van der Waals surface area contributed by atoms with E-state index in [-0.39, 0.29) is 0 Å². The molecule has 1 fully saturated rings. The van der Waals surface area contributed by atoms with Crippen LogP contribution in [0.3, 0.4) is 0 Å². The molecule has 4 heteroatoms. The zero-order valence-corrected chi connectivity index (χ0v) is 12.7. The van der Waals surface area contributed by atoms with Crippen LogP contribution < -0.4 is 0 Å². The van der Waals surface area contributed by atoms with Gasteiger partial charge in [-0.3, -0.25) is 4.90 Å². The van der Waals surface area contributed by atoms with E-state index in [1.807, 2.05) is 36.4 Å². The summed E-state index contributed by atoms with van der Waals surface area (Å²) in [5.74, 6) is 0.337. The van der Waals surface area contributed by atoms with E-state index in [0.29, 0.717) is 5.75 Å². The van der Waals surface area contributed by atoms with Crippen molar-refractivity contribution < 1.29 is 5.11 Å². The van der Waals surface area contributed by atoms with E-state index < -0.39 is 0 Å². The minimum atomic E-state index is 0.337. The van der Waals surface area contributed by atoms with Gasteiger partial charge in [-0.1, -0.05) is 24.6 Å². The van der Waals surface area contributed by atoms with E-state index in [2.05, 4.69) is 15.1 Å². The monoisotopic (exact) mass is 295 g/mol. The average Bonchev–Trinajstić information content (AvgIpc) is 2.57. The fourth-order valence-corrected chi connectivity index (χ4v) is 2.73. The lowest BCUT2D eigenvalue weighted by atomic mass is 10.1. The van der Waals surface area contributed by atoms with Crippen LogP contribution >= 0.6 is 0 Å². The van der Waals surface area contributed by atoms with Gasteiger partial charge in [-0.25, -0.2) is 0 Å². The van der Waals surface area contributed by atoms with Crippen LogP contribution in [0.15, 0.2) is 58.8 Å². The Kier molecular flexibility index (Phi) is 4.81. The molecule has 1 N–H and O–H groups in total. The summed E-state index contributed by atoms with van der Waals surface area (Å²) in [5, 5.41) is 18.5. The number of nitrogens with zero attached hydrogens (tertiary/aromatic N) is 3. The highest BCUT2D eigenvalue weighted by atomic mass is 16.3. The van der Waals surface area contributed by atoms with Crippen molar-refractivity contribution in [1.82, 2.24) is 4.90 Å². The molecular formula is C18H21N3O. The Morgan fingerprint density at radius 2 is 1.59 bits per heavy atom. The number of hydrogen-bond donors (Lipinski definition) is 1. The molecule has 0 amide bonds. The van der Waals surface area contributed by atoms with E-state index in [0.717, 1.165) is 36.6 Å². The molecule has 2 aromatic rings. The minimum Gasteiger partial charge on any atom is -0.508 e. The number of hydrogen-bond acceptors (Lipinski definition) is 4. The van der Waals surface area contributed by atoms with Crippen molar-refractivity contribution in [3.05, 3.63) is 54.1 Å². The molecule has 0 atom stereocenters. The zero-order chi connectivity index (χ0) is 15.2. The number of phenolic OH excluding ortho intramolecular Hbond substituents is 1. The first-order valence-electron chi connectivity index (χ1n) is 7.82. The van der Waals surface area contributed by atoms with Crippen LogP contribution in [0, 0.1) is 0 Å². The lowest BCUT2D eigenvalue weighted by Gasteiger charge is -2.26. The quantitative estimate of drug-likeness (QED) is 0.824. The lowest BCUT2D eigenvalue weighted by Crippen LogP contribution is -2.29. The highest BCUT2D eigenvalue weighted by molar-refractivity contribution is 5.47. The van der Waals surface area contributed by atoms with E-state index in [9.17, 15) is 5.11 Å². The van der Waals surface area contributed by atoms with Gasteiger partial charge < -0.3 is 5.11 Å². The molecule has 0 unspecified atom stereocenters. The summed E-state index contributed by atoms with van der Waals surface area (Å²) in [6.45, 7) is 2.99. The van der Waals surface area contributed by atoms with Gasteiger partial charge >= 0.3 is 0 Å². The van der Waals surface area contributed by atoms with E-state index in [1.165, 1.54) is 19.3 Å². The second kappa shape index (κ2) is 7.18. The van der Waals surface area contributed by atoms with Crippen LogP contribution in [0.25, 0.3) is 0 Å². The van der Waals surface area contributed by atoms with Gasteiger partial charge in [0.2, 0.25) is 0 Å². The summed E-state index contributed by atoms with van der Waals surface area (Å²) in [5.41, 5.74) is 2.52. The minimum absolute atomic E-state index is 0.337. The van der Waals surface area contributed by atoms with Crippen molar-refractivity contribution in [2.24, 2.45) is 10.2 Å². The third kappa shape index (κ3) is 3.92. The molecule has 0 aromatic heterocycles. The van der Waals surface area contributed by atoms with Gasteiger partial charge in [-0.15, -0.1) is 0 Å². The Morgan fingerprint density at radius 1 is 0.864 bits per heavy atom. The van der Waals surface area contributed by atoms with Gasteiger partial charge in [-0.2, -0.15) is 10.2 Å². The molecule has 114 valence electrons. The van der Waals surface area contributed by atoms with E-state index in [4.69, 9.17) is 0 Å². The Hall–Kier alpha value is -2.20. The van der Waals surface area contributed by atoms with Crippen molar-refractivity contribution in [2.75, 3.05) is 13.1 Å². The molecule has 4 nitrogen and oxygen atoms in total. The van der Waals surface area contributed by atoms with Crippen LogP contribution in [0.2, 0.25) is 0 Å². The summed E-state index contributed by atoms with van der Waals surface area (Å²) in [4.78, 5) is 2.39. The number of aromatic hydroxyl groups is 1. The third-order valence-corrected chi connectivity index (χ3v) is 3.94. The molecule has 22 heavy (non-hydrogen) atoms. The summed E-state index contributed by atoms with van der Waals surface area (Å²) in [7, 11) is 0. The molecule has 1 heterocycles. The van der Waals surface area contributed by atoms with Gasteiger partial charge in [0, 0.05) is 12.1 Å². The zero-order valence-electron chi connectivity index (χ0n) is 12.7. The fourth-order valence-electron chi connectivity index (χ4n) is 2.73. The van der Waals surface area contributed by atoms with Crippen molar-refractivity contribution in [2.45, 2.75) is 25.8 Å². The predicted molar refractivity (Wildman–Crippen MR) is 87.9 cm³/mol. The Labute approximate surface area is 131 Å². The van der Waals surface area contributed by atoms with Crippen molar-refractivity contribution in [3.63, 3.8) is 0 Å². The summed E-state index contributed by atoms with van der Waals surface area (Å²) in [6.07, 6.45) is 3.80. The van der Waals surface area contributed by atoms with Crippen LogP contribution in [-0.4, -0.2) is 23.1 Å². The van der Waals surface area contributed by atoms with Crippen LogP contribution in [0.4, 0.5) is 11.4 Å². The van der Waals surface area contributed by atoms with E-state index >= 15 is 0 Å². The number of piperidine rings is 1. The molecule has 3 rings (SSSR count). The smallest absolute Gasteiger partial charge is 0.120 e. The Morgan fingerprint density at radius 3 is 2.36 bits per heavy atom. The van der Waals surface area contributed by atoms with Gasteiger partial charge in [0.15, 0.2) is 0 Å². The number of rotatable bonds is 4. The number of phenols is 1. The van der Waals surface area contributed by atoms with Crippen LogP contribution in [0.5, 0.6) is 5.75 Å². The highest BCUT2D eigenvalue weighted by Crippen LogP contribution is 2.27. The standard InChI is InChI=1S/C18H21N3O/c22-18-10-9-17(20-19-16-7-3-1-4-8-16)13-15(18)14-21-11-5-2-6-12-21/h1,3-4,7-10,13,22H,2,5-6,11-12,14H2. The van der Waals surface area contributed by atoms with Crippen LogP contribution in [-0.2, 0) is 6.54 Å². The van der Waals surface area contributed by atoms with E-state index in [1.54, 1.807) is 12.1 Å². The van der Waals surface area contributed by atoms with Crippen LogP contribution in [0.1, 0.15) is 24.8 Å².